The van der Waals surface area contributed by atoms with Gasteiger partial charge in [0.15, 0.2) is 0 Å². The molecule has 10 nitrogen and oxygen atoms in total. The normalized spacial score (nSPS) is 11.4. The van der Waals surface area contributed by atoms with E-state index in [0.29, 0.717) is 23.2 Å². The number of ether oxygens (including phenoxy) is 1. The molecule has 4 N–H and O–H groups in total. The van der Waals surface area contributed by atoms with E-state index < -0.39 is 29.9 Å². The number of aliphatic carboxylic acids is 1. The summed E-state index contributed by atoms with van der Waals surface area (Å²) < 4.78 is 5.30. The predicted molar refractivity (Wildman–Crippen MR) is 163 cm³/mol. The van der Waals surface area contributed by atoms with Crippen molar-refractivity contribution in [3.63, 3.8) is 0 Å². The van der Waals surface area contributed by atoms with Crippen LogP contribution in [-0.4, -0.2) is 46.6 Å². The summed E-state index contributed by atoms with van der Waals surface area (Å²) in [5.41, 5.74) is 3.87. The van der Waals surface area contributed by atoms with Crippen LogP contribution in [0, 0.1) is 6.92 Å². The number of aryl methyl sites for hydroxylation is 2. The Balaban J connectivity index is 1.40. The number of aromatic nitrogens is 1. The topological polar surface area (TPSA) is 147 Å². The average Bonchev–Trinajstić information content (AvgIpc) is 3.01. The van der Waals surface area contributed by atoms with Gasteiger partial charge in [-0.15, -0.1) is 0 Å². The van der Waals surface area contributed by atoms with Gasteiger partial charge < -0.3 is 25.8 Å². The van der Waals surface area contributed by atoms with Gasteiger partial charge in [0, 0.05) is 24.0 Å². The molecule has 0 fully saturated rings. The molecule has 0 spiro atoms. The maximum absolute atomic E-state index is 13.4. The molecule has 0 aliphatic heterocycles. The van der Waals surface area contributed by atoms with Crippen molar-refractivity contribution >= 4 is 40.5 Å². The Labute approximate surface area is 249 Å². The van der Waals surface area contributed by atoms with E-state index in [0.717, 1.165) is 16.5 Å². The third-order valence-electron chi connectivity index (χ3n) is 6.90. The first-order valence-electron chi connectivity index (χ1n) is 14.0. The zero-order valence-corrected chi connectivity index (χ0v) is 23.8. The summed E-state index contributed by atoms with van der Waals surface area (Å²) in [5, 5.41) is 18.3. The van der Waals surface area contributed by atoms with E-state index in [-0.39, 0.29) is 38.1 Å². The number of alkyl carbamates (subject to hydrolysis) is 1. The first-order chi connectivity index (χ1) is 20.8. The van der Waals surface area contributed by atoms with E-state index in [2.05, 4.69) is 20.9 Å². The monoisotopic (exact) mass is 582 g/mol. The second kappa shape index (κ2) is 15.1. The highest BCUT2D eigenvalue weighted by atomic mass is 16.5. The number of carboxylic acid groups (broad SMARTS) is 1. The fourth-order valence-electron chi connectivity index (χ4n) is 4.48. The van der Waals surface area contributed by atoms with Gasteiger partial charge in [-0.3, -0.25) is 14.4 Å². The number of para-hydroxylation sites is 2. The summed E-state index contributed by atoms with van der Waals surface area (Å²) in [5.74, 6) is -1.94. The Morgan fingerprint density at radius 3 is 2.40 bits per heavy atom. The lowest BCUT2D eigenvalue weighted by atomic mass is 10.1. The summed E-state index contributed by atoms with van der Waals surface area (Å²) in [6, 6.07) is 24.4. The quantitative estimate of drug-likeness (QED) is 0.162. The lowest BCUT2D eigenvalue weighted by Gasteiger charge is -2.20. The van der Waals surface area contributed by atoms with Gasteiger partial charge in [-0.25, -0.2) is 9.78 Å². The van der Waals surface area contributed by atoms with Crippen LogP contribution < -0.4 is 16.0 Å². The molecule has 10 heteroatoms. The summed E-state index contributed by atoms with van der Waals surface area (Å²) in [7, 11) is 0. The minimum Gasteiger partial charge on any atom is -0.481 e. The number of rotatable bonds is 13. The van der Waals surface area contributed by atoms with Crippen LogP contribution in [0.15, 0.2) is 84.9 Å². The third kappa shape index (κ3) is 9.12. The summed E-state index contributed by atoms with van der Waals surface area (Å²) in [6.07, 6.45) is 0.135. The molecule has 43 heavy (non-hydrogen) atoms. The Hall–Kier alpha value is -5.25. The number of amides is 3. The van der Waals surface area contributed by atoms with E-state index in [1.807, 2.05) is 49.4 Å². The molecule has 0 saturated carbocycles. The van der Waals surface area contributed by atoms with E-state index in [4.69, 9.17) is 9.84 Å². The van der Waals surface area contributed by atoms with E-state index in [1.54, 1.807) is 42.5 Å². The Kier molecular flexibility index (Phi) is 10.8. The van der Waals surface area contributed by atoms with Crippen LogP contribution >= 0.6 is 0 Å². The Morgan fingerprint density at radius 1 is 0.884 bits per heavy atom. The largest absolute Gasteiger partial charge is 0.481 e. The maximum atomic E-state index is 13.4. The predicted octanol–water partition coefficient (Wildman–Crippen LogP) is 5.00. The second-order valence-electron chi connectivity index (χ2n) is 10.0. The number of pyridine rings is 1. The molecule has 1 aromatic heterocycles. The second-order valence-corrected chi connectivity index (χ2v) is 10.0. The maximum Gasteiger partial charge on any atom is 0.407 e. The average molecular weight is 583 g/mol. The van der Waals surface area contributed by atoms with Crippen LogP contribution in [0.4, 0.5) is 10.5 Å². The zero-order chi connectivity index (χ0) is 30.6. The van der Waals surface area contributed by atoms with Crippen molar-refractivity contribution in [1.29, 1.82) is 0 Å². The molecule has 0 aliphatic carbocycles. The molecule has 0 bridgehead atoms. The standard InChI is InChI=1S/C33H34N4O6/c1-22-9-2-3-12-25(22)21-43-33(42)34-20-8-15-28(31(40)36-27-14-7-5-11-24(27)17-19-30(38)39)37-32(41)29-18-16-23-10-4-6-13-26(23)35-29/h2-7,9-14,16,18,28H,8,15,17,19-21H2,1H3,(H,34,42)(H,36,40)(H,37,41)(H,38,39)/t28-/m0/s1. The van der Waals surface area contributed by atoms with E-state index in [1.165, 1.54) is 0 Å². The molecule has 0 saturated heterocycles. The van der Waals surface area contributed by atoms with Crippen LogP contribution in [0.1, 0.15) is 46.4 Å². The van der Waals surface area contributed by atoms with Crippen molar-refractivity contribution in [2.75, 3.05) is 11.9 Å². The Morgan fingerprint density at radius 2 is 1.60 bits per heavy atom. The van der Waals surface area contributed by atoms with Gasteiger partial charge in [0.2, 0.25) is 5.91 Å². The van der Waals surface area contributed by atoms with Gasteiger partial charge in [-0.1, -0.05) is 66.7 Å². The van der Waals surface area contributed by atoms with Gasteiger partial charge in [0.05, 0.1) is 5.52 Å². The van der Waals surface area contributed by atoms with Gasteiger partial charge in [0.1, 0.15) is 18.3 Å². The van der Waals surface area contributed by atoms with Crippen molar-refractivity contribution < 1.29 is 29.0 Å². The summed E-state index contributed by atoms with van der Waals surface area (Å²) in [6.45, 7) is 2.30. The van der Waals surface area contributed by atoms with Crippen molar-refractivity contribution in [2.45, 2.75) is 45.3 Å². The first kappa shape index (κ1) is 30.7. The van der Waals surface area contributed by atoms with Crippen LogP contribution in [0.25, 0.3) is 10.9 Å². The number of carboxylic acids is 1. The lowest BCUT2D eigenvalue weighted by molar-refractivity contribution is -0.137. The number of fused-ring (bicyclic) bond motifs is 1. The zero-order valence-electron chi connectivity index (χ0n) is 23.8. The van der Waals surface area contributed by atoms with Crippen LogP contribution in [0.2, 0.25) is 0 Å². The van der Waals surface area contributed by atoms with Crippen LogP contribution in [-0.2, 0) is 27.4 Å². The molecule has 3 amide bonds. The lowest BCUT2D eigenvalue weighted by Crippen LogP contribution is -2.44. The molecule has 222 valence electrons. The van der Waals surface area contributed by atoms with Crippen molar-refractivity contribution in [1.82, 2.24) is 15.6 Å². The first-order valence-corrected chi connectivity index (χ1v) is 14.0. The van der Waals surface area contributed by atoms with Crippen molar-refractivity contribution in [3.8, 4) is 0 Å². The van der Waals surface area contributed by atoms with Crippen molar-refractivity contribution in [3.05, 3.63) is 107 Å². The van der Waals surface area contributed by atoms with Gasteiger partial charge >= 0.3 is 12.1 Å². The Bertz CT molecular complexity index is 1610. The highest BCUT2D eigenvalue weighted by molar-refractivity contribution is 6.01. The fraction of sp³-hybridized carbons (Fsp3) is 0.242. The molecular weight excluding hydrogens is 548 g/mol. The smallest absolute Gasteiger partial charge is 0.407 e. The number of anilines is 1. The van der Waals surface area contributed by atoms with Gasteiger partial charge in [-0.2, -0.15) is 0 Å². The number of benzene rings is 3. The van der Waals surface area contributed by atoms with Crippen LogP contribution in [0.3, 0.4) is 0 Å². The number of carbonyl (C=O) groups excluding carboxylic acids is 3. The molecule has 4 aromatic rings. The highest BCUT2D eigenvalue weighted by Crippen LogP contribution is 2.18. The fourth-order valence-corrected chi connectivity index (χ4v) is 4.48. The number of hydrogen-bond donors (Lipinski definition) is 4. The number of nitrogens with zero attached hydrogens (tertiary/aromatic N) is 1. The van der Waals surface area contributed by atoms with E-state index in [9.17, 15) is 19.2 Å². The minimum atomic E-state index is -0.960. The number of nitrogens with one attached hydrogen (secondary N) is 3. The SMILES string of the molecule is Cc1ccccc1COC(=O)NCCC[C@H](NC(=O)c1ccc2ccccc2n1)C(=O)Nc1ccccc1CCC(=O)O. The molecular formula is C33H34N4O6. The molecule has 0 unspecified atom stereocenters. The van der Waals surface area contributed by atoms with Crippen molar-refractivity contribution in [2.24, 2.45) is 0 Å². The molecule has 1 atom stereocenters. The van der Waals surface area contributed by atoms with Gasteiger partial charge in [0.25, 0.3) is 5.91 Å². The molecule has 0 aliphatic rings. The minimum absolute atomic E-state index is 0.0910. The molecule has 4 rings (SSSR count). The summed E-state index contributed by atoms with van der Waals surface area (Å²) in [4.78, 5) is 54.4. The molecule has 3 aromatic carbocycles. The molecule has 1 heterocycles. The number of hydrogen-bond acceptors (Lipinski definition) is 6. The van der Waals surface area contributed by atoms with Crippen LogP contribution in [0.5, 0.6) is 0 Å². The molecule has 0 radical (unpaired) electrons. The highest BCUT2D eigenvalue weighted by Gasteiger charge is 2.23. The summed E-state index contributed by atoms with van der Waals surface area (Å²) >= 11 is 0. The van der Waals surface area contributed by atoms with E-state index >= 15 is 0 Å². The third-order valence-corrected chi connectivity index (χ3v) is 6.90. The number of carbonyl (C=O) groups is 4. The van der Waals surface area contributed by atoms with Gasteiger partial charge in [-0.05, 0) is 61.1 Å².